The first-order valence-electron chi connectivity index (χ1n) is 16.5. The molecule has 50 heavy (non-hydrogen) atoms. The number of ether oxygens (including phenoxy) is 4. The van der Waals surface area contributed by atoms with Crippen LogP contribution in [0.3, 0.4) is 0 Å². The Balaban J connectivity index is 1.33. The second-order valence-electron chi connectivity index (χ2n) is 12.3. The molecule has 0 fully saturated rings. The summed E-state index contributed by atoms with van der Waals surface area (Å²) in [7, 11) is 8.80. The van der Waals surface area contributed by atoms with E-state index in [9.17, 15) is 0 Å². The fourth-order valence-corrected chi connectivity index (χ4v) is 6.95. The number of aromatic nitrogens is 2. The highest BCUT2D eigenvalue weighted by atomic mass is 16.5. The van der Waals surface area contributed by atoms with E-state index < -0.39 is 0 Å². The summed E-state index contributed by atoms with van der Waals surface area (Å²) >= 11 is 0. The Bertz CT molecular complexity index is 2520. The molecule has 0 saturated carbocycles. The van der Waals surface area contributed by atoms with Crippen LogP contribution >= 0.6 is 0 Å². The third kappa shape index (κ3) is 5.26. The van der Waals surface area contributed by atoms with Crippen molar-refractivity contribution >= 4 is 32.6 Å². The van der Waals surface area contributed by atoms with Crippen molar-refractivity contribution < 1.29 is 18.9 Å². The number of benzene rings is 7. The Hall–Kier alpha value is -6.27. The molecule has 0 N–H and O–H groups in total. The van der Waals surface area contributed by atoms with Crippen molar-refractivity contribution in [2.24, 2.45) is 7.05 Å². The minimum absolute atomic E-state index is 0.702. The fraction of sp³-hybridized carbons (Fsp3) is 0.114. The maximum absolute atomic E-state index is 5.84. The molecule has 0 aliphatic carbocycles. The second kappa shape index (κ2) is 12.6. The molecule has 246 valence electrons. The van der Waals surface area contributed by atoms with Gasteiger partial charge in [-0.3, -0.25) is 0 Å². The van der Waals surface area contributed by atoms with Crippen LogP contribution in [0.5, 0.6) is 23.0 Å². The number of hydrogen-bond acceptors (Lipinski definition) is 5. The first-order chi connectivity index (χ1) is 24.5. The lowest BCUT2D eigenvalue weighted by molar-refractivity contribution is 0.395. The summed E-state index contributed by atoms with van der Waals surface area (Å²) in [4.78, 5) is 5.36. The number of hydrogen-bond donors (Lipinski definition) is 0. The number of fused-ring (bicyclic) bond motifs is 6. The molecule has 0 saturated heterocycles. The summed E-state index contributed by atoms with van der Waals surface area (Å²) in [6.45, 7) is 0. The molecule has 1 heterocycles. The van der Waals surface area contributed by atoms with Crippen LogP contribution in [0.4, 0.5) is 0 Å². The van der Waals surface area contributed by atoms with E-state index in [-0.39, 0.29) is 0 Å². The van der Waals surface area contributed by atoms with Crippen molar-refractivity contribution in [2.45, 2.75) is 0 Å². The molecular formula is C44H36N2O4. The zero-order chi connectivity index (χ0) is 34.4. The summed E-state index contributed by atoms with van der Waals surface area (Å²) in [6.07, 6.45) is 0. The van der Waals surface area contributed by atoms with E-state index in [4.69, 9.17) is 23.9 Å². The largest absolute Gasteiger partial charge is 0.497 e. The van der Waals surface area contributed by atoms with E-state index in [1.165, 1.54) is 5.39 Å². The van der Waals surface area contributed by atoms with Gasteiger partial charge in [-0.15, -0.1) is 0 Å². The van der Waals surface area contributed by atoms with Crippen molar-refractivity contribution in [1.82, 2.24) is 9.55 Å². The van der Waals surface area contributed by atoms with Gasteiger partial charge in [0.1, 0.15) is 28.8 Å². The molecule has 0 radical (unpaired) electrons. The minimum atomic E-state index is 0.702. The molecule has 7 aromatic carbocycles. The molecule has 1 aromatic heterocycles. The predicted molar refractivity (Wildman–Crippen MR) is 204 cm³/mol. The quantitative estimate of drug-likeness (QED) is 0.152. The van der Waals surface area contributed by atoms with Crippen LogP contribution < -0.4 is 18.9 Å². The molecule has 0 aliphatic rings. The van der Waals surface area contributed by atoms with Gasteiger partial charge in [0.25, 0.3) is 0 Å². The number of rotatable bonds is 8. The highest BCUT2D eigenvalue weighted by molar-refractivity contribution is 6.25. The first kappa shape index (κ1) is 31.0. The van der Waals surface area contributed by atoms with Gasteiger partial charge in [0.2, 0.25) is 0 Å². The van der Waals surface area contributed by atoms with Crippen LogP contribution in [0.25, 0.3) is 77.3 Å². The third-order valence-electron chi connectivity index (χ3n) is 9.65. The molecule has 0 aliphatic heterocycles. The van der Waals surface area contributed by atoms with Crippen molar-refractivity contribution in [1.29, 1.82) is 0 Å². The fourth-order valence-electron chi connectivity index (χ4n) is 6.95. The summed E-state index contributed by atoms with van der Waals surface area (Å²) in [5.74, 6) is 3.93. The molecule has 0 spiro atoms. The van der Waals surface area contributed by atoms with Gasteiger partial charge in [-0.1, -0.05) is 72.8 Å². The van der Waals surface area contributed by atoms with E-state index in [1.54, 1.807) is 28.4 Å². The van der Waals surface area contributed by atoms with Crippen LogP contribution in [0, 0.1) is 0 Å². The first-order valence-corrected chi connectivity index (χ1v) is 16.5. The maximum atomic E-state index is 5.84. The Kier molecular flexibility index (Phi) is 7.84. The van der Waals surface area contributed by atoms with Crippen molar-refractivity contribution in [3.05, 3.63) is 127 Å². The van der Waals surface area contributed by atoms with Gasteiger partial charge in [-0.05, 0) is 92.7 Å². The van der Waals surface area contributed by atoms with Crippen LogP contribution in [0.1, 0.15) is 0 Å². The number of nitrogens with zero attached hydrogens (tertiary/aromatic N) is 2. The van der Waals surface area contributed by atoms with Crippen molar-refractivity contribution in [2.75, 3.05) is 28.4 Å². The Morgan fingerprint density at radius 2 is 0.860 bits per heavy atom. The lowest BCUT2D eigenvalue weighted by Crippen LogP contribution is -1.97. The van der Waals surface area contributed by atoms with Gasteiger partial charge in [0.05, 0.1) is 45.0 Å². The maximum Gasteiger partial charge on any atom is 0.144 e. The third-order valence-corrected chi connectivity index (χ3v) is 9.65. The average molecular weight is 657 g/mol. The van der Waals surface area contributed by atoms with E-state index in [2.05, 4.69) is 96.5 Å². The lowest BCUT2D eigenvalue weighted by Gasteiger charge is -2.13. The van der Waals surface area contributed by atoms with Gasteiger partial charge in [0, 0.05) is 23.9 Å². The van der Waals surface area contributed by atoms with Gasteiger partial charge < -0.3 is 23.5 Å². The van der Waals surface area contributed by atoms with Crippen LogP contribution in [0.15, 0.2) is 127 Å². The topological polar surface area (TPSA) is 54.7 Å². The molecule has 0 atom stereocenters. The predicted octanol–water partition coefficient (Wildman–Crippen LogP) is 10.6. The summed E-state index contributed by atoms with van der Waals surface area (Å²) in [5, 5.41) is 4.54. The SMILES string of the molecule is COc1ccc(-c2ccc(-c3ccc4c5ccc(-c6ccc(OC)cc6)cc5c5nc(-c6ccc(OC)cc6OC)n(C)c5c4c3)cc2)cc1. The highest BCUT2D eigenvalue weighted by Crippen LogP contribution is 2.42. The lowest BCUT2D eigenvalue weighted by atomic mass is 9.93. The second-order valence-corrected chi connectivity index (χ2v) is 12.3. The van der Waals surface area contributed by atoms with Crippen LogP contribution in [-0.2, 0) is 7.05 Å². The molecule has 6 heteroatoms. The monoisotopic (exact) mass is 656 g/mol. The zero-order valence-corrected chi connectivity index (χ0v) is 28.7. The minimum Gasteiger partial charge on any atom is -0.497 e. The highest BCUT2D eigenvalue weighted by Gasteiger charge is 2.21. The Morgan fingerprint density at radius 3 is 1.38 bits per heavy atom. The standard InChI is InChI=1S/C44H36N2O4/c1-46-43-40-25-32(29-8-6-27(7-9-29)28-10-16-33(47-2)17-11-28)15-22-37(40)36-21-14-31(30-12-18-34(48-3)19-13-30)24-39(36)42(43)45-44(46)38-23-20-35(49-4)26-41(38)50-5/h6-26H,1-5H3. The van der Waals surface area contributed by atoms with Crippen molar-refractivity contribution in [3.63, 3.8) is 0 Å². The van der Waals surface area contributed by atoms with E-state index in [0.717, 1.165) is 89.2 Å². The molecule has 8 rings (SSSR count). The van der Waals surface area contributed by atoms with E-state index in [1.807, 2.05) is 42.5 Å². The summed E-state index contributed by atoms with van der Waals surface area (Å²) in [5.41, 5.74) is 9.70. The van der Waals surface area contributed by atoms with E-state index in [0.29, 0.717) is 5.75 Å². The Morgan fingerprint density at radius 1 is 0.420 bits per heavy atom. The smallest absolute Gasteiger partial charge is 0.144 e. The number of aryl methyl sites for hydroxylation is 1. The Labute approximate surface area is 291 Å². The zero-order valence-electron chi connectivity index (χ0n) is 28.7. The van der Waals surface area contributed by atoms with Gasteiger partial charge in [-0.25, -0.2) is 4.98 Å². The van der Waals surface area contributed by atoms with E-state index >= 15 is 0 Å². The normalized spacial score (nSPS) is 11.3. The molecule has 0 amide bonds. The van der Waals surface area contributed by atoms with Crippen LogP contribution in [-0.4, -0.2) is 38.0 Å². The van der Waals surface area contributed by atoms with Gasteiger partial charge in [0.15, 0.2) is 0 Å². The van der Waals surface area contributed by atoms with Crippen LogP contribution in [0.2, 0.25) is 0 Å². The summed E-state index contributed by atoms with van der Waals surface area (Å²) < 4.78 is 24.3. The molecule has 0 bridgehead atoms. The molecule has 6 nitrogen and oxygen atoms in total. The summed E-state index contributed by atoms with van der Waals surface area (Å²) in [6, 6.07) is 44.4. The molecule has 0 unspecified atom stereocenters. The van der Waals surface area contributed by atoms with Gasteiger partial charge in [-0.2, -0.15) is 0 Å². The molecule has 8 aromatic rings. The average Bonchev–Trinajstić information content (AvgIpc) is 3.54. The number of imidazole rings is 1. The van der Waals surface area contributed by atoms with Crippen molar-refractivity contribution in [3.8, 4) is 67.8 Å². The number of methoxy groups -OCH3 is 4. The van der Waals surface area contributed by atoms with Gasteiger partial charge >= 0.3 is 0 Å². The molecular weight excluding hydrogens is 620 g/mol.